The van der Waals surface area contributed by atoms with Gasteiger partial charge in [0.15, 0.2) is 0 Å². The Morgan fingerprint density at radius 3 is 2.78 bits per heavy atom. The van der Waals surface area contributed by atoms with E-state index in [9.17, 15) is 9.59 Å². The summed E-state index contributed by atoms with van der Waals surface area (Å²) in [6.07, 6.45) is 3.70. The summed E-state index contributed by atoms with van der Waals surface area (Å²) in [5.41, 5.74) is 4.92. The van der Waals surface area contributed by atoms with E-state index in [0.29, 0.717) is 23.7 Å². The van der Waals surface area contributed by atoms with E-state index in [-0.39, 0.29) is 17.7 Å². The normalized spacial score (nSPS) is 14.8. The van der Waals surface area contributed by atoms with Crippen molar-refractivity contribution in [3.05, 3.63) is 69.9 Å². The number of anilines is 3. The van der Waals surface area contributed by atoms with E-state index in [2.05, 4.69) is 15.7 Å². The summed E-state index contributed by atoms with van der Waals surface area (Å²) in [6, 6.07) is 11.3. The molecule has 2 amide bonds. The predicted octanol–water partition coefficient (Wildman–Crippen LogP) is 4.31. The molecule has 32 heavy (non-hydrogen) atoms. The number of hydrogen-bond donors (Lipinski definition) is 2. The van der Waals surface area contributed by atoms with E-state index in [4.69, 9.17) is 11.6 Å². The van der Waals surface area contributed by atoms with Gasteiger partial charge in [0.1, 0.15) is 5.82 Å². The summed E-state index contributed by atoms with van der Waals surface area (Å²) in [5, 5.41) is 11.1. The smallest absolute Gasteiger partial charge is 0.260 e. The highest BCUT2D eigenvalue weighted by atomic mass is 35.5. The molecular formula is C24H24ClN5O2. The van der Waals surface area contributed by atoms with Gasteiger partial charge in [0.25, 0.3) is 5.91 Å². The van der Waals surface area contributed by atoms with Gasteiger partial charge in [-0.05, 0) is 55.2 Å². The molecule has 1 saturated carbocycles. The van der Waals surface area contributed by atoms with Crippen LogP contribution in [0.1, 0.15) is 39.9 Å². The zero-order chi connectivity index (χ0) is 22.4. The van der Waals surface area contributed by atoms with E-state index in [1.54, 1.807) is 27.9 Å². The first-order valence-corrected chi connectivity index (χ1v) is 11.0. The zero-order valence-electron chi connectivity index (χ0n) is 18.0. The molecule has 5 rings (SSSR count). The number of amides is 2. The number of aryl methyl sites for hydroxylation is 2. The molecule has 2 aliphatic rings. The van der Waals surface area contributed by atoms with Crippen molar-refractivity contribution in [1.29, 1.82) is 0 Å². The van der Waals surface area contributed by atoms with E-state index in [1.165, 1.54) is 0 Å². The van der Waals surface area contributed by atoms with Crippen LogP contribution in [0.15, 0.2) is 42.6 Å². The second kappa shape index (κ2) is 7.98. The fraction of sp³-hybridized carbons (Fsp3) is 0.292. The quantitative estimate of drug-likeness (QED) is 0.622. The van der Waals surface area contributed by atoms with Crippen molar-refractivity contribution in [2.75, 3.05) is 10.2 Å². The predicted molar refractivity (Wildman–Crippen MR) is 124 cm³/mol. The number of nitrogens with zero attached hydrogens (tertiary/aromatic N) is 3. The number of carbonyl (C=O) groups is 2. The number of carbonyl (C=O) groups excluding carboxylic acids is 2. The minimum Gasteiger partial charge on any atom is -0.352 e. The Morgan fingerprint density at radius 2 is 2.03 bits per heavy atom. The van der Waals surface area contributed by atoms with E-state index in [0.717, 1.165) is 46.7 Å². The number of halogens is 1. The molecule has 0 spiro atoms. The molecule has 8 heteroatoms. The molecule has 1 aliphatic heterocycles. The van der Waals surface area contributed by atoms with Crippen LogP contribution in [0.4, 0.5) is 17.2 Å². The molecule has 7 nitrogen and oxygen atoms in total. The van der Waals surface area contributed by atoms with Crippen LogP contribution in [0.25, 0.3) is 0 Å². The molecule has 1 aromatic heterocycles. The lowest BCUT2D eigenvalue weighted by Crippen LogP contribution is -2.30. The van der Waals surface area contributed by atoms with Crippen LogP contribution in [0.5, 0.6) is 0 Å². The molecule has 2 aromatic carbocycles. The molecular weight excluding hydrogens is 426 g/mol. The third-order valence-corrected chi connectivity index (χ3v) is 6.28. The van der Waals surface area contributed by atoms with Gasteiger partial charge < -0.3 is 15.5 Å². The summed E-state index contributed by atoms with van der Waals surface area (Å²) in [4.78, 5) is 27.3. The Hall–Kier alpha value is -3.32. The van der Waals surface area contributed by atoms with Crippen molar-refractivity contribution in [2.45, 2.75) is 32.9 Å². The summed E-state index contributed by atoms with van der Waals surface area (Å²) in [7, 11) is 1.87. The van der Waals surface area contributed by atoms with Gasteiger partial charge in [0.2, 0.25) is 5.91 Å². The van der Waals surface area contributed by atoms with Crippen LogP contribution in [0.2, 0.25) is 5.02 Å². The maximum Gasteiger partial charge on any atom is 0.260 e. The molecule has 0 radical (unpaired) electrons. The third-order valence-electron chi connectivity index (χ3n) is 5.96. The van der Waals surface area contributed by atoms with Gasteiger partial charge in [-0.25, -0.2) is 0 Å². The van der Waals surface area contributed by atoms with Crippen molar-refractivity contribution < 1.29 is 9.59 Å². The average Bonchev–Trinajstić information content (AvgIpc) is 3.58. The second-order valence-corrected chi connectivity index (χ2v) is 8.89. The highest BCUT2D eigenvalue weighted by Crippen LogP contribution is 2.37. The van der Waals surface area contributed by atoms with E-state index < -0.39 is 0 Å². The molecule has 0 unspecified atom stereocenters. The zero-order valence-corrected chi connectivity index (χ0v) is 18.7. The minimum atomic E-state index is -0.188. The van der Waals surface area contributed by atoms with Gasteiger partial charge >= 0.3 is 0 Å². The SMILES string of the molecule is Cc1ccc2c(c1)Nc1c(cnn1C)CN2C(=O)c1ccc(CNC(=O)C2CC2)cc1Cl. The highest BCUT2D eigenvalue weighted by molar-refractivity contribution is 6.34. The first-order chi connectivity index (χ1) is 15.4. The van der Waals surface area contributed by atoms with Crippen LogP contribution in [-0.4, -0.2) is 21.6 Å². The molecule has 0 bridgehead atoms. The highest BCUT2D eigenvalue weighted by Gasteiger charge is 2.30. The van der Waals surface area contributed by atoms with Crippen molar-refractivity contribution in [1.82, 2.24) is 15.1 Å². The molecule has 2 heterocycles. The summed E-state index contributed by atoms with van der Waals surface area (Å²) >= 11 is 6.54. The van der Waals surface area contributed by atoms with Crippen LogP contribution in [-0.2, 0) is 24.9 Å². The minimum absolute atomic E-state index is 0.0810. The Morgan fingerprint density at radius 1 is 1.22 bits per heavy atom. The first-order valence-electron chi connectivity index (χ1n) is 10.7. The van der Waals surface area contributed by atoms with E-state index >= 15 is 0 Å². The Labute approximate surface area is 191 Å². The fourth-order valence-corrected chi connectivity index (χ4v) is 4.26. The molecule has 3 aromatic rings. The number of aromatic nitrogens is 2. The van der Waals surface area contributed by atoms with Crippen molar-refractivity contribution in [2.24, 2.45) is 13.0 Å². The topological polar surface area (TPSA) is 79.3 Å². The molecule has 1 aliphatic carbocycles. The van der Waals surface area contributed by atoms with Crippen molar-refractivity contribution in [3.8, 4) is 0 Å². The molecule has 0 saturated heterocycles. The van der Waals surface area contributed by atoms with Gasteiger partial charge in [-0.1, -0.05) is 23.7 Å². The van der Waals surface area contributed by atoms with E-state index in [1.807, 2.05) is 38.2 Å². The van der Waals surface area contributed by atoms with Gasteiger partial charge in [-0.3, -0.25) is 14.3 Å². The van der Waals surface area contributed by atoms with Crippen LogP contribution < -0.4 is 15.5 Å². The molecule has 2 N–H and O–H groups in total. The standard InChI is InChI=1S/C24H24ClN5O2/c1-14-3-8-21-20(9-14)28-22-17(12-27-29(22)2)13-30(21)24(32)18-7-4-15(10-19(18)25)11-26-23(31)16-5-6-16/h3-4,7-10,12,16,28H,5-6,11,13H2,1-2H3,(H,26,31). The molecule has 1 fully saturated rings. The Balaban J connectivity index is 1.44. The molecule has 0 atom stereocenters. The lowest BCUT2D eigenvalue weighted by atomic mass is 10.1. The summed E-state index contributed by atoms with van der Waals surface area (Å²) in [5.74, 6) is 0.911. The maximum absolute atomic E-state index is 13.6. The lowest BCUT2D eigenvalue weighted by molar-refractivity contribution is -0.122. The number of nitrogens with one attached hydrogen (secondary N) is 2. The van der Waals surface area contributed by atoms with Gasteiger partial charge in [-0.2, -0.15) is 5.10 Å². The second-order valence-electron chi connectivity index (χ2n) is 8.49. The van der Waals surface area contributed by atoms with Crippen molar-refractivity contribution >= 4 is 40.6 Å². The fourth-order valence-electron chi connectivity index (χ4n) is 3.98. The monoisotopic (exact) mass is 449 g/mol. The van der Waals surface area contributed by atoms with Crippen LogP contribution >= 0.6 is 11.6 Å². The first kappa shape index (κ1) is 20.6. The molecule has 164 valence electrons. The maximum atomic E-state index is 13.6. The van der Waals surface area contributed by atoms with Gasteiger partial charge in [0.05, 0.1) is 34.7 Å². The lowest BCUT2D eigenvalue weighted by Gasteiger charge is -2.23. The average molecular weight is 450 g/mol. The number of benzene rings is 2. The van der Waals surface area contributed by atoms with Gasteiger partial charge in [-0.15, -0.1) is 0 Å². The summed E-state index contributed by atoms with van der Waals surface area (Å²) < 4.78 is 1.77. The number of fused-ring (bicyclic) bond motifs is 2. The largest absolute Gasteiger partial charge is 0.352 e. The number of hydrogen-bond acceptors (Lipinski definition) is 4. The van der Waals surface area contributed by atoms with Crippen LogP contribution in [0, 0.1) is 12.8 Å². The summed E-state index contributed by atoms with van der Waals surface area (Å²) in [6.45, 7) is 2.79. The van der Waals surface area contributed by atoms with Gasteiger partial charge in [0, 0.05) is 25.1 Å². The Kier molecular flexibility index (Phi) is 5.13. The van der Waals surface area contributed by atoms with Crippen molar-refractivity contribution in [3.63, 3.8) is 0 Å². The van der Waals surface area contributed by atoms with Crippen LogP contribution in [0.3, 0.4) is 0 Å². The Bertz CT molecular complexity index is 1230. The number of rotatable bonds is 4. The third kappa shape index (κ3) is 3.84.